The molecule has 1 unspecified atom stereocenters. The third kappa shape index (κ3) is 3.59. The van der Waals surface area contributed by atoms with Gasteiger partial charge in [-0.3, -0.25) is 9.69 Å². The second kappa shape index (κ2) is 8.31. The van der Waals surface area contributed by atoms with Gasteiger partial charge in [0, 0.05) is 29.4 Å². The quantitative estimate of drug-likeness (QED) is 0.575. The molecule has 4 bridgehead atoms. The fourth-order valence-electron chi connectivity index (χ4n) is 8.28. The number of hydrogen-bond acceptors (Lipinski definition) is 3. The number of amides is 1. The Balaban J connectivity index is 1.17. The summed E-state index contributed by atoms with van der Waals surface area (Å²) in [5.74, 6) is 1.03. The van der Waals surface area contributed by atoms with E-state index in [2.05, 4.69) is 35.3 Å². The molecule has 4 nitrogen and oxygen atoms in total. The van der Waals surface area contributed by atoms with Crippen LogP contribution in [0.5, 0.6) is 0 Å². The Morgan fingerprint density at radius 3 is 2.72 bits per heavy atom. The van der Waals surface area contributed by atoms with Gasteiger partial charge in [0.05, 0.1) is 17.7 Å². The summed E-state index contributed by atoms with van der Waals surface area (Å²) in [4.78, 5) is 16.0. The van der Waals surface area contributed by atoms with Crippen LogP contribution in [0.4, 0.5) is 0 Å². The molecule has 190 valence electrons. The van der Waals surface area contributed by atoms with Gasteiger partial charge in [0.15, 0.2) is 0 Å². The van der Waals surface area contributed by atoms with Crippen LogP contribution in [-0.2, 0) is 27.8 Å². The molecule has 0 aromatic heterocycles. The maximum absolute atomic E-state index is 13.2. The summed E-state index contributed by atoms with van der Waals surface area (Å²) >= 11 is 6.03. The van der Waals surface area contributed by atoms with E-state index in [4.69, 9.17) is 16.3 Å². The number of hydrogen-bond donors (Lipinski definition) is 1. The largest absolute Gasteiger partial charge is 0.370 e. The highest BCUT2D eigenvalue weighted by molar-refractivity contribution is 6.30. The van der Waals surface area contributed by atoms with E-state index in [9.17, 15) is 4.79 Å². The van der Waals surface area contributed by atoms with E-state index in [0.29, 0.717) is 19.1 Å². The SMILES string of the molecule is Cc1ccc2c(c1)[C@]13CCN(CC4CC4)[C@H](C2)[C@]12CCC(NC(=O)CCc1ccc(Cl)cc1)(CO2)C3. The number of carbonyl (C=O) groups is 1. The van der Waals surface area contributed by atoms with Crippen LogP contribution in [0.15, 0.2) is 42.5 Å². The molecule has 2 saturated carbocycles. The summed E-state index contributed by atoms with van der Waals surface area (Å²) < 4.78 is 7.06. The molecule has 1 amide bonds. The van der Waals surface area contributed by atoms with Gasteiger partial charge in [0.1, 0.15) is 0 Å². The molecule has 0 radical (unpaired) electrons. The average Bonchev–Trinajstić information content (AvgIpc) is 3.70. The molecule has 2 aromatic carbocycles. The molecule has 6 aliphatic rings. The molecule has 3 aliphatic carbocycles. The van der Waals surface area contributed by atoms with Crippen molar-refractivity contribution in [1.29, 1.82) is 0 Å². The van der Waals surface area contributed by atoms with Crippen molar-refractivity contribution >= 4 is 17.5 Å². The molecule has 5 fully saturated rings. The number of rotatable bonds is 6. The zero-order valence-electron chi connectivity index (χ0n) is 21.3. The van der Waals surface area contributed by atoms with E-state index in [-0.39, 0.29) is 22.5 Å². The molecule has 1 N–H and O–H groups in total. The minimum absolute atomic E-state index is 0.00270. The maximum Gasteiger partial charge on any atom is 0.220 e. The topological polar surface area (TPSA) is 41.6 Å². The van der Waals surface area contributed by atoms with E-state index >= 15 is 0 Å². The molecule has 3 heterocycles. The minimum Gasteiger partial charge on any atom is -0.370 e. The Kier molecular flexibility index (Phi) is 5.37. The summed E-state index contributed by atoms with van der Waals surface area (Å²) in [6.07, 6.45) is 9.33. The van der Waals surface area contributed by atoms with E-state index in [1.807, 2.05) is 24.3 Å². The zero-order chi connectivity index (χ0) is 24.5. The highest BCUT2D eigenvalue weighted by Crippen LogP contribution is 2.64. The molecule has 3 saturated heterocycles. The molecular weight excluding hydrogens is 468 g/mol. The van der Waals surface area contributed by atoms with Gasteiger partial charge in [-0.05, 0) is 99.6 Å². The number of nitrogens with one attached hydrogen (secondary N) is 1. The van der Waals surface area contributed by atoms with Crippen LogP contribution >= 0.6 is 11.6 Å². The number of likely N-dealkylation sites (tertiary alicyclic amines) is 1. The normalized spacial score (nSPS) is 34.7. The first-order valence-corrected chi connectivity index (χ1v) is 14.3. The summed E-state index contributed by atoms with van der Waals surface area (Å²) in [5.41, 5.74) is 5.13. The molecule has 2 aromatic rings. The van der Waals surface area contributed by atoms with Crippen LogP contribution in [-0.4, -0.2) is 47.7 Å². The number of nitrogens with zero attached hydrogens (tertiary/aromatic N) is 1. The third-order valence-corrected chi connectivity index (χ3v) is 10.4. The standard InChI is InChI=1S/C31H37ClN2O2/c1-21-2-8-24-17-27-31-13-12-29(20-36-31,33-28(35)11-7-22-5-9-25(32)10-6-22)19-30(31,26(24)16-21)14-15-34(27)18-23-3-4-23/h2,5-6,8-10,16,23,27H,3-4,7,11-15,17-20H2,1H3,(H,33,35)/t27-,29?,30-,31-/m1/s1. The molecule has 5 heteroatoms. The van der Waals surface area contributed by atoms with Gasteiger partial charge in [-0.15, -0.1) is 0 Å². The van der Waals surface area contributed by atoms with Gasteiger partial charge < -0.3 is 10.1 Å². The highest BCUT2D eigenvalue weighted by atomic mass is 35.5. The summed E-state index contributed by atoms with van der Waals surface area (Å²) in [6, 6.07) is 15.4. The van der Waals surface area contributed by atoms with Crippen molar-refractivity contribution < 1.29 is 9.53 Å². The Hall–Kier alpha value is -1.88. The van der Waals surface area contributed by atoms with Crippen LogP contribution in [0, 0.1) is 12.8 Å². The van der Waals surface area contributed by atoms with Crippen LogP contribution < -0.4 is 5.32 Å². The number of carbonyl (C=O) groups excluding carboxylic acids is 1. The monoisotopic (exact) mass is 504 g/mol. The lowest BCUT2D eigenvalue weighted by Gasteiger charge is -2.71. The summed E-state index contributed by atoms with van der Waals surface area (Å²) in [6.45, 7) is 5.25. The van der Waals surface area contributed by atoms with Crippen molar-refractivity contribution in [1.82, 2.24) is 10.2 Å². The Bertz CT molecular complexity index is 1180. The van der Waals surface area contributed by atoms with Crippen LogP contribution in [0.2, 0.25) is 5.02 Å². The number of aryl methyl sites for hydroxylation is 2. The lowest BCUT2D eigenvalue weighted by molar-refractivity contribution is -0.262. The first-order valence-electron chi connectivity index (χ1n) is 13.9. The van der Waals surface area contributed by atoms with E-state index in [0.717, 1.165) is 61.6 Å². The zero-order valence-corrected chi connectivity index (χ0v) is 22.1. The van der Waals surface area contributed by atoms with Gasteiger partial charge in [-0.2, -0.15) is 0 Å². The first kappa shape index (κ1) is 23.3. The maximum atomic E-state index is 13.2. The number of halogens is 1. The molecular formula is C31H37ClN2O2. The smallest absolute Gasteiger partial charge is 0.220 e. The van der Waals surface area contributed by atoms with Crippen molar-refractivity contribution in [3.05, 3.63) is 69.7 Å². The van der Waals surface area contributed by atoms with Gasteiger partial charge >= 0.3 is 0 Å². The van der Waals surface area contributed by atoms with Crippen molar-refractivity contribution in [2.75, 3.05) is 19.7 Å². The summed E-state index contributed by atoms with van der Waals surface area (Å²) in [7, 11) is 0. The average molecular weight is 505 g/mol. The van der Waals surface area contributed by atoms with Crippen LogP contribution in [0.1, 0.15) is 67.2 Å². The first-order chi connectivity index (χ1) is 17.4. The lowest BCUT2D eigenvalue weighted by atomic mass is 9.45. The van der Waals surface area contributed by atoms with Gasteiger partial charge in [0.25, 0.3) is 0 Å². The molecule has 8 rings (SSSR count). The van der Waals surface area contributed by atoms with Crippen molar-refractivity contribution in [2.24, 2.45) is 5.92 Å². The molecule has 3 aliphatic heterocycles. The predicted molar refractivity (Wildman–Crippen MR) is 142 cm³/mol. The van der Waals surface area contributed by atoms with Gasteiger partial charge in [-0.1, -0.05) is 47.5 Å². The molecule has 1 spiro atoms. The van der Waals surface area contributed by atoms with E-state index < -0.39 is 0 Å². The number of ether oxygens (including phenoxy) is 1. The van der Waals surface area contributed by atoms with Crippen LogP contribution in [0.25, 0.3) is 0 Å². The Morgan fingerprint density at radius 2 is 1.97 bits per heavy atom. The fourth-order valence-corrected chi connectivity index (χ4v) is 8.41. The third-order valence-electron chi connectivity index (χ3n) is 10.2. The Labute approximate surface area is 219 Å². The second-order valence-electron chi connectivity index (χ2n) is 12.5. The van der Waals surface area contributed by atoms with Crippen LogP contribution in [0.3, 0.4) is 0 Å². The number of benzene rings is 2. The fraction of sp³-hybridized carbons (Fsp3) is 0.581. The van der Waals surface area contributed by atoms with Gasteiger partial charge in [-0.25, -0.2) is 0 Å². The molecule has 4 atom stereocenters. The predicted octanol–water partition coefficient (Wildman–Crippen LogP) is 5.37. The van der Waals surface area contributed by atoms with Crippen molar-refractivity contribution in [3.8, 4) is 0 Å². The van der Waals surface area contributed by atoms with E-state index in [1.165, 1.54) is 36.1 Å². The Morgan fingerprint density at radius 1 is 1.14 bits per heavy atom. The number of piperidine rings is 1. The van der Waals surface area contributed by atoms with Crippen molar-refractivity contribution in [2.45, 2.75) is 87.3 Å². The highest BCUT2D eigenvalue weighted by Gasteiger charge is 2.71. The van der Waals surface area contributed by atoms with Crippen molar-refractivity contribution in [3.63, 3.8) is 0 Å². The van der Waals surface area contributed by atoms with E-state index in [1.54, 1.807) is 0 Å². The lowest BCUT2D eigenvalue weighted by Crippen LogP contribution is -2.81. The molecule has 36 heavy (non-hydrogen) atoms. The summed E-state index contributed by atoms with van der Waals surface area (Å²) in [5, 5.41) is 4.26. The second-order valence-corrected chi connectivity index (χ2v) is 12.9. The van der Waals surface area contributed by atoms with Gasteiger partial charge in [0.2, 0.25) is 5.91 Å². The number of fused-ring (bicyclic) bond motifs is 3. The minimum atomic E-state index is -0.263.